The highest BCUT2D eigenvalue weighted by Gasteiger charge is 2.22. The zero-order valence-electron chi connectivity index (χ0n) is 13.9. The maximum atomic E-state index is 5.68. The standard InChI is InChI=1S/C18H28O5/c1-19-15-23-17(9-5-8-16-6-3-2-4-7-16)12-20-10-11-21-13-18-14-22-18/h2-4,6-7,17-18H,5,8-15H2,1H3/t17-,18+/m0/s1. The molecule has 1 aliphatic heterocycles. The van der Waals surface area contributed by atoms with Crippen LogP contribution in [0.2, 0.25) is 0 Å². The molecule has 0 amide bonds. The minimum atomic E-state index is 0.0606. The second-order valence-corrected chi connectivity index (χ2v) is 5.68. The lowest BCUT2D eigenvalue weighted by molar-refractivity contribution is -0.103. The van der Waals surface area contributed by atoms with Gasteiger partial charge in [0.25, 0.3) is 0 Å². The van der Waals surface area contributed by atoms with Gasteiger partial charge in [-0.05, 0) is 24.8 Å². The van der Waals surface area contributed by atoms with Gasteiger partial charge in [0.1, 0.15) is 12.9 Å². The summed E-state index contributed by atoms with van der Waals surface area (Å²) in [5, 5.41) is 0. The molecule has 0 radical (unpaired) electrons. The number of hydrogen-bond acceptors (Lipinski definition) is 5. The summed E-state index contributed by atoms with van der Waals surface area (Å²) < 4.78 is 26.8. The van der Waals surface area contributed by atoms with Crippen molar-refractivity contribution in [2.45, 2.75) is 31.5 Å². The van der Waals surface area contributed by atoms with E-state index in [0.29, 0.717) is 39.3 Å². The molecule has 23 heavy (non-hydrogen) atoms. The predicted octanol–water partition coefficient (Wildman–Crippen LogP) is 2.43. The molecule has 2 atom stereocenters. The van der Waals surface area contributed by atoms with E-state index in [0.717, 1.165) is 25.9 Å². The molecule has 0 aromatic heterocycles. The Hall–Kier alpha value is -0.980. The number of aryl methyl sites for hydroxylation is 1. The summed E-state index contributed by atoms with van der Waals surface area (Å²) in [5.74, 6) is 0. The molecular weight excluding hydrogens is 296 g/mol. The highest BCUT2D eigenvalue weighted by atomic mass is 16.7. The van der Waals surface area contributed by atoms with Crippen molar-refractivity contribution in [3.8, 4) is 0 Å². The molecule has 5 nitrogen and oxygen atoms in total. The first kappa shape index (κ1) is 18.4. The minimum Gasteiger partial charge on any atom is -0.376 e. The fraction of sp³-hybridized carbons (Fsp3) is 0.667. The molecule has 0 unspecified atom stereocenters. The molecule has 0 spiro atoms. The molecule has 1 aromatic carbocycles. The lowest BCUT2D eigenvalue weighted by atomic mass is 10.1. The first-order valence-corrected chi connectivity index (χ1v) is 8.30. The van der Waals surface area contributed by atoms with Crippen LogP contribution in [0.3, 0.4) is 0 Å². The number of rotatable bonds is 14. The van der Waals surface area contributed by atoms with E-state index in [2.05, 4.69) is 24.3 Å². The fourth-order valence-corrected chi connectivity index (χ4v) is 2.27. The maximum absolute atomic E-state index is 5.68. The molecule has 1 fully saturated rings. The van der Waals surface area contributed by atoms with Crippen LogP contribution in [0.1, 0.15) is 18.4 Å². The van der Waals surface area contributed by atoms with Gasteiger partial charge in [0.15, 0.2) is 0 Å². The number of epoxide rings is 1. The SMILES string of the molecule is COCO[C@@H](CCCc1ccccc1)COCCOC[C@@H]1CO1. The van der Waals surface area contributed by atoms with Crippen molar-refractivity contribution in [3.05, 3.63) is 35.9 Å². The van der Waals surface area contributed by atoms with Crippen molar-refractivity contribution in [3.63, 3.8) is 0 Å². The van der Waals surface area contributed by atoms with Crippen LogP contribution >= 0.6 is 0 Å². The molecule has 130 valence electrons. The molecular formula is C18H28O5. The predicted molar refractivity (Wildman–Crippen MR) is 87.5 cm³/mol. The zero-order valence-corrected chi connectivity index (χ0v) is 13.9. The van der Waals surface area contributed by atoms with Crippen molar-refractivity contribution in [2.75, 3.05) is 46.9 Å². The van der Waals surface area contributed by atoms with Gasteiger partial charge in [-0.3, -0.25) is 0 Å². The molecule has 1 aliphatic rings. The second kappa shape index (κ2) is 11.5. The second-order valence-electron chi connectivity index (χ2n) is 5.68. The Labute approximate surface area is 138 Å². The highest BCUT2D eigenvalue weighted by molar-refractivity contribution is 5.14. The van der Waals surface area contributed by atoms with E-state index >= 15 is 0 Å². The lowest BCUT2D eigenvalue weighted by Gasteiger charge is -2.17. The van der Waals surface area contributed by atoms with E-state index in [4.69, 9.17) is 23.7 Å². The number of ether oxygens (including phenoxy) is 5. The summed E-state index contributed by atoms with van der Waals surface area (Å²) in [4.78, 5) is 0. The fourth-order valence-electron chi connectivity index (χ4n) is 2.27. The minimum absolute atomic E-state index is 0.0606. The van der Waals surface area contributed by atoms with Crippen LogP contribution < -0.4 is 0 Å². The van der Waals surface area contributed by atoms with E-state index in [1.165, 1.54) is 5.56 Å². The third-order valence-electron chi connectivity index (χ3n) is 3.64. The molecule has 0 aliphatic carbocycles. The van der Waals surface area contributed by atoms with E-state index in [9.17, 15) is 0 Å². The van der Waals surface area contributed by atoms with Gasteiger partial charge >= 0.3 is 0 Å². The number of benzene rings is 1. The Morgan fingerprint density at radius 2 is 1.96 bits per heavy atom. The Kier molecular flexibility index (Phi) is 9.21. The van der Waals surface area contributed by atoms with Gasteiger partial charge in [0, 0.05) is 7.11 Å². The Bertz CT molecular complexity index is 394. The molecule has 2 rings (SSSR count). The average Bonchev–Trinajstić information content (AvgIpc) is 3.40. The summed E-state index contributed by atoms with van der Waals surface area (Å²) in [6, 6.07) is 10.5. The summed E-state index contributed by atoms with van der Waals surface area (Å²) >= 11 is 0. The Morgan fingerprint density at radius 3 is 2.70 bits per heavy atom. The van der Waals surface area contributed by atoms with Gasteiger partial charge in [-0.2, -0.15) is 0 Å². The van der Waals surface area contributed by atoms with E-state index in [1.54, 1.807) is 7.11 Å². The summed E-state index contributed by atoms with van der Waals surface area (Å²) in [6.07, 6.45) is 3.45. The average molecular weight is 324 g/mol. The Balaban J connectivity index is 1.54. The van der Waals surface area contributed by atoms with Gasteiger partial charge in [-0.1, -0.05) is 30.3 Å². The quantitative estimate of drug-likeness (QED) is 0.299. The third kappa shape index (κ3) is 9.03. The first-order chi connectivity index (χ1) is 11.4. The molecule has 5 heteroatoms. The lowest BCUT2D eigenvalue weighted by Crippen LogP contribution is -2.23. The maximum Gasteiger partial charge on any atom is 0.146 e. The highest BCUT2D eigenvalue weighted by Crippen LogP contribution is 2.10. The van der Waals surface area contributed by atoms with Crippen LogP contribution in [0, 0.1) is 0 Å². The molecule has 0 saturated carbocycles. The van der Waals surface area contributed by atoms with Crippen LogP contribution in [0.15, 0.2) is 30.3 Å². The van der Waals surface area contributed by atoms with Gasteiger partial charge in [0.05, 0.1) is 39.1 Å². The molecule has 1 aromatic rings. The normalized spacial score (nSPS) is 18.0. The molecule has 0 bridgehead atoms. The van der Waals surface area contributed by atoms with Gasteiger partial charge in [0.2, 0.25) is 0 Å². The summed E-state index contributed by atoms with van der Waals surface area (Å²) in [7, 11) is 1.63. The zero-order chi connectivity index (χ0) is 16.2. The van der Waals surface area contributed by atoms with E-state index in [1.807, 2.05) is 6.07 Å². The van der Waals surface area contributed by atoms with Crippen molar-refractivity contribution in [2.24, 2.45) is 0 Å². The summed E-state index contributed by atoms with van der Waals surface area (Å²) in [6.45, 7) is 3.55. The van der Waals surface area contributed by atoms with Crippen molar-refractivity contribution >= 4 is 0 Å². The van der Waals surface area contributed by atoms with Crippen LogP contribution in [0.4, 0.5) is 0 Å². The summed E-state index contributed by atoms with van der Waals surface area (Å²) in [5.41, 5.74) is 1.36. The van der Waals surface area contributed by atoms with Gasteiger partial charge in [-0.25, -0.2) is 0 Å². The number of methoxy groups -OCH3 is 1. The van der Waals surface area contributed by atoms with E-state index < -0.39 is 0 Å². The smallest absolute Gasteiger partial charge is 0.146 e. The van der Waals surface area contributed by atoms with Crippen LogP contribution in [-0.2, 0) is 30.1 Å². The van der Waals surface area contributed by atoms with Crippen molar-refractivity contribution in [1.82, 2.24) is 0 Å². The topological polar surface area (TPSA) is 49.5 Å². The monoisotopic (exact) mass is 324 g/mol. The first-order valence-electron chi connectivity index (χ1n) is 8.30. The third-order valence-corrected chi connectivity index (χ3v) is 3.64. The van der Waals surface area contributed by atoms with Crippen molar-refractivity contribution in [1.29, 1.82) is 0 Å². The molecule has 0 N–H and O–H groups in total. The largest absolute Gasteiger partial charge is 0.376 e. The van der Waals surface area contributed by atoms with Gasteiger partial charge < -0.3 is 23.7 Å². The van der Waals surface area contributed by atoms with E-state index in [-0.39, 0.29) is 6.10 Å². The molecule has 1 heterocycles. The van der Waals surface area contributed by atoms with Crippen LogP contribution in [0.5, 0.6) is 0 Å². The van der Waals surface area contributed by atoms with Crippen LogP contribution in [0.25, 0.3) is 0 Å². The molecule has 1 saturated heterocycles. The van der Waals surface area contributed by atoms with Crippen LogP contribution in [-0.4, -0.2) is 59.1 Å². The Morgan fingerprint density at radius 1 is 1.17 bits per heavy atom. The number of hydrogen-bond donors (Lipinski definition) is 0. The van der Waals surface area contributed by atoms with Crippen molar-refractivity contribution < 1.29 is 23.7 Å². The van der Waals surface area contributed by atoms with Gasteiger partial charge in [-0.15, -0.1) is 0 Å².